The van der Waals surface area contributed by atoms with E-state index in [0.717, 1.165) is 5.56 Å². The van der Waals surface area contributed by atoms with E-state index in [1.54, 1.807) is 34.7 Å². The van der Waals surface area contributed by atoms with E-state index in [1.165, 1.54) is 6.07 Å². The Kier molecular flexibility index (Phi) is 6.35. The van der Waals surface area contributed by atoms with Gasteiger partial charge in [-0.2, -0.15) is 10.4 Å². The number of carbonyl (C=O) groups excluding carboxylic acids is 1. The maximum atomic E-state index is 14.0. The number of hydrogen-bond donors (Lipinski definition) is 0. The van der Waals surface area contributed by atoms with Gasteiger partial charge in [-0.1, -0.05) is 47.5 Å². The molecule has 32 heavy (non-hydrogen) atoms. The molecule has 1 saturated heterocycles. The van der Waals surface area contributed by atoms with Gasteiger partial charge >= 0.3 is 0 Å². The highest BCUT2D eigenvalue weighted by Crippen LogP contribution is 2.27. The number of nitriles is 1. The average Bonchev–Trinajstić information content (AvgIpc) is 3.07. The molecule has 0 aliphatic carbocycles. The normalized spacial score (nSPS) is 13.8. The molecule has 1 amide bonds. The zero-order chi connectivity index (χ0) is 22.8. The second-order valence-electron chi connectivity index (χ2n) is 7.53. The second kappa shape index (κ2) is 9.19. The second-order valence-corrected chi connectivity index (χ2v) is 8.29. The van der Waals surface area contributed by atoms with E-state index in [1.807, 2.05) is 29.2 Å². The zero-order valence-electron chi connectivity index (χ0n) is 17.4. The summed E-state index contributed by atoms with van der Waals surface area (Å²) < 4.78 is 15.5. The Bertz CT molecular complexity index is 1210. The van der Waals surface area contributed by atoms with Crippen LogP contribution in [0.5, 0.6) is 0 Å². The van der Waals surface area contributed by atoms with Gasteiger partial charge in [0.2, 0.25) is 0 Å². The van der Waals surface area contributed by atoms with E-state index >= 15 is 0 Å². The van der Waals surface area contributed by atoms with Gasteiger partial charge in [-0.3, -0.25) is 4.79 Å². The van der Waals surface area contributed by atoms with Crippen LogP contribution in [0.3, 0.4) is 0 Å². The standard InChI is InChI=1S/C23H20Cl2FN5O/c1-15-21(22(25)31(28-15)14-16-5-2-3-6-18(16)24)23(32)30-11-9-29(10-12-30)20-8-4-7-19(26)17(20)13-27/h2-8H,9-12,14H2,1H3. The van der Waals surface area contributed by atoms with Crippen LogP contribution in [-0.2, 0) is 6.54 Å². The highest BCUT2D eigenvalue weighted by atomic mass is 35.5. The van der Waals surface area contributed by atoms with Crippen LogP contribution >= 0.6 is 23.2 Å². The van der Waals surface area contributed by atoms with Crippen molar-refractivity contribution in [2.24, 2.45) is 0 Å². The van der Waals surface area contributed by atoms with Crippen LogP contribution in [0, 0.1) is 24.1 Å². The molecule has 9 heteroatoms. The predicted molar refractivity (Wildman–Crippen MR) is 122 cm³/mol. The van der Waals surface area contributed by atoms with Gasteiger partial charge in [0.05, 0.1) is 23.5 Å². The van der Waals surface area contributed by atoms with E-state index < -0.39 is 5.82 Å². The molecule has 2 heterocycles. The predicted octanol–water partition coefficient (Wildman–Crippen LogP) is 4.52. The highest BCUT2D eigenvalue weighted by Gasteiger charge is 2.29. The Morgan fingerprint density at radius 3 is 2.53 bits per heavy atom. The summed E-state index contributed by atoms with van der Waals surface area (Å²) in [6.07, 6.45) is 0. The Hall–Kier alpha value is -3.08. The number of piperazine rings is 1. The van der Waals surface area contributed by atoms with E-state index in [9.17, 15) is 14.4 Å². The Labute approximate surface area is 195 Å². The van der Waals surface area contributed by atoms with Gasteiger partial charge in [0.1, 0.15) is 22.6 Å². The number of aromatic nitrogens is 2. The molecule has 0 bridgehead atoms. The molecule has 0 atom stereocenters. The number of anilines is 1. The minimum atomic E-state index is -0.545. The first-order chi connectivity index (χ1) is 15.4. The third-order valence-corrected chi connectivity index (χ3v) is 6.32. The molecule has 0 N–H and O–H groups in total. The summed E-state index contributed by atoms with van der Waals surface area (Å²) in [6, 6.07) is 13.9. The van der Waals surface area contributed by atoms with Crippen LogP contribution < -0.4 is 4.90 Å². The van der Waals surface area contributed by atoms with Gasteiger partial charge in [0.25, 0.3) is 5.91 Å². The molecular formula is C23H20Cl2FN5O. The third kappa shape index (κ3) is 4.16. The Morgan fingerprint density at radius 1 is 1.12 bits per heavy atom. The molecule has 0 spiro atoms. The zero-order valence-corrected chi connectivity index (χ0v) is 18.9. The summed E-state index contributed by atoms with van der Waals surface area (Å²) in [5.41, 5.74) is 2.34. The van der Waals surface area contributed by atoms with Gasteiger partial charge in [-0.05, 0) is 30.7 Å². The molecule has 2 aromatic carbocycles. The van der Waals surface area contributed by atoms with Crippen molar-refractivity contribution < 1.29 is 9.18 Å². The van der Waals surface area contributed by atoms with Crippen LogP contribution in [-0.4, -0.2) is 46.8 Å². The minimum Gasteiger partial charge on any atom is -0.367 e. The Balaban J connectivity index is 1.50. The molecule has 0 unspecified atom stereocenters. The SMILES string of the molecule is Cc1nn(Cc2ccccc2Cl)c(Cl)c1C(=O)N1CCN(c2cccc(F)c2C#N)CC1. The number of hydrogen-bond acceptors (Lipinski definition) is 4. The van der Waals surface area contributed by atoms with Crippen molar-refractivity contribution in [1.29, 1.82) is 5.26 Å². The number of amides is 1. The van der Waals surface area contributed by atoms with Crippen molar-refractivity contribution >= 4 is 34.8 Å². The lowest BCUT2D eigenvalue weighted by molar-refractivity contribution is 0.0746. The molecule has 1 fully saturated rings. The van der Waals surface area contributed by atoms with Gasteiger partial charge in [-0.25, -0.2) is 9.07 Å². The molecule has 1 aromatic heterocycles. The fraction of sp³-hybridized carbons (Fsp3) is 0.261. The van der Waals surface area contributed by atoms with Crippen LogP contribution in [0.15, 0.2) is 42.5 Å². The van der Waals surface area contributed by atoms with Crippen molar-refractivity contribution in [2.75, 3.05) is 31.1 Å². The largest absolute Gasteiger partial charge is 0.367 e. The fourth-order valence-electron chi connectivity index (χ4n) is 3.88. The molecule has 164 valence electrons. The summed E-state index contributed by atoms with van der Waals surface area (Å²) in [7, 11) is 0. The summed E-state index contributed by atoms with van der Waals surface area (Å²) in [5.74, 6) is -0.742. The first kappa shape index (κ1) is 22.1. The first-order valence-electron chi connectivity index (χ1n) is 10.1. The van der Waals surface area contributed by atoms with Gasteiger partial charge in [0, 0.05) is 31.2 Å². The van der Waals surface area contributed by atoms with Crippen LogP contribution in [0.4, 0.5) is 10.1 Å². The first-order valence-corrected chi connectivity index (χ1v) is 10.9. The highest BCUT2D eigenvalue weighted by molar-refractivity contribution is 6.33. The molecule has 4 rings (SSSR count). The minimum absolute atomic E-state index is 0.0204. The summed E-state index contributed by atoms with van der Waals surface area (Å²) >= 11 is 12.8. The number of rotatable bonds is 4. The van der Waals surface area contributed by atoms with Crippen LogP contribution in [0.1, 0.15) is 27.2 Å². The monoisotopic (exact) mass is 471 g/mol. The van der Waals surface area contributed by atoms with E-state index in [2.05, 4.69) is 5.10 Å². The lowest BCUT2D eigenvalue weighted by atomic mass is 10.1. The van der Waals surface area contributed by atoms with E-state index in [-0.39, 0.29) is 16.6 Å². The van der Waals surface area contributed by atoms with Crippen molar-refractivity contribution in [1.82, 2.24) is 14.7 Å². The lowest BCUT2D eigenvalue weighted by Gasteiger charge is -2.36. The number of nitrogens with zero attached hydrogens (tertiary/aromatic N) is 5. The number of aryl methyl sites for hydroxylation is 1. The lowest BCUT2D eigenvalue weighted by Crippen LogP contribution is -2.49. The summed E-state index contributed by atoms with van der Waals surface area (Å²) in [4.78, 5) is 16.8. The maximum absolute atomic E-state index is 14.0. The average molecular weight is 472 g/mol. The smallest absolute Gasteiger partial charge is 0.259 e. The van der Waals surface area contributed by atoms with Crippen LogP contribution in [0.2, 0.25) is 10.2 Å². The quantitative estimate of drug-likeness (QED) is 0.560. The number of halogens is 3. The fourth-order valence-corrected chi connectivity index (χ4v) is 4.40. The molecule has 6 nitrogen and oxygen atoms in total. The molecular weight excluding hydrogens is 452 g/mol. The van der Waals surface area contributed by atoms with E-state index in [0.29, 0.717) is 54.7 Å². The molecule has 1 aliphatic rings. The topological polar surface area (TPSA) is 65.2 Å². The molecule has 0 radical (unpaired) electrons. The Morgan fingerprint density at radius 2 is 1.84 bits per heavy atom. The molecule has 1 aliphatic heterocycles. The number of benzene rings is 2. The van der Waals surface area contributed by atoms with Gasteiger partial charge in [0.15, 0.2) is 0 Å². The van der Waals surface area contributed by atoms with Crippen molar-refractivity contribution in [3.05, 3.63) is 80.8 Å². The molecule has 0 saturated carbocycles. The summed E-state index contributed by atoms with van der Waals surface area (Å²) in [5, 5.41) is 14.6. The van der Waals surface area contributed by atoms with E-state index in [4.69, 9.17) is 23.2 Å². The van der Waals surface area contributed by atoms with Crippen molar-refractivity contribution in [3.63, 3.8) is 0 Å². The number of carbonyl (C=O) groups is 1. The molecule has 3 aromatic rings. The summed E-state index contributed by atoms with van der Waals surface area (Å²) in [6.45, 7) is 3.92. The van der Waals surface area contributed by atoms with Crippen molar-refractivity contribution in [3.8, 4) is 6.07 Å². The third-order valence-electron chi connectivity index (χ3n) is 5.57. The van der Waals surface area contributed by atoms with Crippen molar-refractivity contribution in [2.45, 2.75) is 13.5 Å². The van der Waals surface area contributed by atoms with Crippen LogP contribution in [0.25, 0.3) is 0 Å². The van der Waals surface area contributed by atoms with Gasteiger partial charge in [-0.15, -0.1) is 0 Å². The van der Waals surface area contributed by atoms with Gasteiger partial charge < -0.3 is 9.80 Å². The maximum Gasteiger partial charge on any atom is 0.259 e.